The molecule has 6 nitrogen and oxygen atoms in total. The first-order chi connectivity index (χ1) is 9.11. The summed E-state index contributed by atoms with van der Waals surface area (Å²) < 4.78 is 1.53. The van der Waals surface area contributed by atoms with Crippen LogP contribution in [0.4, 0.5) is 0 Å². The fraction of sp³-hybridized carbons (Fsp3) is 0.750. The molecule has 1 aromatic heterocycles. The van der Waals surface area contributed by atoms with Crippen molar-refractivity contribution in [3.8, 4) is 0 Å². The number of hydrogen-bond acceptors (Lipinski definition) is 5. The third kappa shape index (κ3) is 3.48. The van der Waals surface area contributed by atoms with E-state index in [1.807, 2.05) is 0 Å². The van der Waals surface area contributed by atoms with E-state index in [0.717, 1.165) is 25.8 Å². The Morgan fingerprint density at radius 2 is 2.26 bits per heavy atom. The summed E-state index contributed by atoms with van der Waals surface area (Å²) in [5.41, 5.74) is -1.38. The lowest BCUT2D eigenvalue weighted by atomic mass is 10.2. The Balaban J connectivity index is 2.10. The minimum Gasteiger partial charge on any atom is -0.313 e. The van der Waals surface area contributed by atoms with Gasteiger partial charge in [-0.05, 0) is 25.8 Å². The van der Waals surface area contributed by atoms with E-state index < -0.39 is 11.1 Å². The van der Waals surface area contributed by atoms with E-state index in [2.05, 4.69) is 22.3 Å². The molecule has 1 aromatic rings. The van der Waals surface area contributed by atoms with Gasteiger partial charge in [0.2, 0.25) is 0 Å². The van der Waals surface area contributed by atoms with E-state index in [0.29, 0.717) is 16.4 Å². The monoisotopic (exact) mass is 284 g/mol. The van der Waals surface area contributed by atoms with E-state index in [-0.39, 0.29) is 0 Å². The summed E-state index contributed by atoms with van der Waals surface area (Å²) in [5.74, 6) is 0. The smallest absolute Gasteiger partial charge is 0.313 e. The van der Waals surface area contributed by atoms with Crippen molar-refractivity contribution >= 4 is 11.8 Å². The highest BCUT2D eigenvalue weighted by Crippen LogP contribution is 2.33. The Morgan fingerprint density at radius 3 is 3.00 bits per heavy atom. The molecule has 2 rings (SSSR count). The number of thioether (sulfide) groups is 1. The van der Waals surface area contributed by atoms with Gasteiger partial charge in [-0.3, -0.25) is 19.4 Å². The second-order valence-electron chi connectivity index (χ2n) is 4.85. The molecule has 0 bridgehead atoms. The van der Waals surface area contributed by atoms with Crippen LogP contribution in [0.2, 0.25) is 0 Å². The van der Waals surface area contributed by atoms with E-state index >= 15 is 0 Å². The van der Waals surface area contributed by atoms with Crippen molar-refractivity contribution in [3.05, 3.63) is 20.7 Å². The minimum atomic E-state index is -0.711. The molecule has 0 amide bonds. The number of aromatic nitrogens is 3. The molecule has 19 heavy (non-hydrogen) atoms. The van der Waals surface area contributed by atoms with Gasteiger partial charge in [0.05, 0.1) is 0 Å². The summed E-state index contributed by atoms with van der Waals surface area (Å²) in [6, 6.07) is 0.466. The summed E-state index contributed by atoms with van der Waals surface area (Å²) >= 11 is 1.58. The Kier molecular flexibility index (Phi) is 4.81. The number of nitrogens with one attached hydrogen (secondary N) is 2. The highest BCUT2D eigenvalue weighted by atomic mass is 32.2. The quantitative estimate of drug-likeness (QED) is 0.769. The van der Waals surface area contributed by atoms with Gasteiger partial charge in [-0.2, -0.15) is 4.98 Å². The zero-order valence-electron chi connectivity index (χ0n) is 11.3. The van der Waals surface area contributed by atoms with Crippen molar-refractivity contribution in [2.75, 3.05) is 6.54 Å². The van der Waals surface area contributed by atoms with Crippen LogP contribution in [0.1, 0.15) is 32.6 Å². The van der Waals surface area contributed by atoms with Crippen LogP contribution in [0.25, 0.3) is 0 Å². The Labute approximate surface area is 116 Å². The summed E-state index contributed by atoms with van der Waals surface area (Å²) in [6.45, 7) is 3.16. The maximum Gasteiger partial charge on any atom is 0.339 e. The van der Waals surface area contributed by atoms with E-state index in [1.54, 1.807) is 18.8 Å². The third-order valence-electron chi connectivity index (χ3n) is 3.31. The molecule has 7 heteroatoms. The lowest BCUT2D eigenvalue weighted by Gasteiger charge is -2.20. The number of hydrogen-bond donors (Lipinski definition) is 2. The first kappa shape index (κ1) is 14.3. The second kappa shape index (κ2) is 6.38. The average molecular weight is 284 g/mol. The normalized spacial score (nSPS) is 22.8. The molecule has 1 aliphatic rings. The largest absolute Gasteiger partial charge is 0.339 e. The topological polar surface area (TPSA) is 79.8 Å². The zero-order valence-corrected chi connectivity index (χ0v) is 12.1. The maximum atomic E-state index is 11.3. The number of aromatic amines is 1. The number of rotatable bonds is 5. The summed E-state index contributed by atoms with van der Waals surface area (Å²) in [4.78, 5) is 26.3. The van der Waals surface area contributed by atoms with Gasteiger partial charge in [0.15, 0.2) is 5.16 Å². The summed E-state index contributed by atoms with van der Waals surface area (Å²) in [7, 11) is 1.71. The summed E-state index contributed by atoms with van der Waals surface area (Å²) in [5, 5.41) is 7.02. The van der Waals surface area contributed by atoms with Crippen molar-refractivity contribution in [2.24, 2.45) is 7.05 Å². The Bertz CT molecular complexity index is 539. The number of aryl methyl sites for hydroxylation is 1. The molecule has 0 aromatic carbocycles. The predicted molar refractivity (Wildman–Crippen MR) is 75.7 cm³/mol. The molecule has 0 aliphatic heterocycles. The van der Waals surface area contributed by atoms with E-state index in [1.165, 1.54) is 11.1 Å². The SMILES string of the molecule is CCCNC1CCCC1Sc1nc(=O)c(=O)[nH]n1C. The molecule has 0 radical (unpaired) electrons. The molecular weight excluding hydrogens is 264 g/mol. The molecule has 106 valence electrons. The highest BCUT2D eigenvalue weighted by molar-refractivity contribution is 7.99. The molecular formula is C12H20N4O2S. The van der Waals surface area contributed by atoms with Crippen LogP contribution in [0.5, 0.6) is 0 Å². The van der Waals surface area contributed by atoms with E-state index in [4.69, 9.17) is 0 Å². The van der Waals surface area contributed by atoms with Gasteiger partial charge < -0.3 is 5.32 Å². The molecule has 2 unspecified atom stereocenters. The standard InChI is InChI=1S/C12H20N4O2S/c1-3-7-13-8-5-4-6-9(8)19-12-14-10(17)11(18)15-16(12)2/h8-9,13H,3-7H2,1-2H3,(H,15,18). The molecule has 2 N–H and O–H groups in total. The fourth-order valence-electron chi connectivity index (χ4n) is 2.33. The molecule has 2 atom stereocenters. The van der Waals surface area contributed by atoms with Gasteiger partial charge in [0, 0.05) is 18.3 Å². The average Bonchev–Trinajstić information content (AvgIpc) is 2.81. The maximum absolute atomic E-state index is 11.3. The van der Waals surface area contributed by atoms with Crippen molar-refractivity contribution in [1.29, 1.82) is 0 Å². The van der Waals surface area contributed by atoms with Gasteiger partial charge in [0.25, 0.3) is 0 Å². The van der Waals surface area contributed by atoms with Crippen molar-refractivity contribution in [2.45, 2.75) is 49.1 Å². The number of nitrogens with zero attached hydrogens (tertiary/aromatic N) is 2. The highest BCUT2D eigenvalue weighted by Gasteiger charge is 2.28. The summed E-state index contributed by atoms with van der Waals surface area (Å²) in [6.07, 6.45) is 4.58. The van der Waals surface area contributed by atoms with Gasteiger partial charge >= 0.3 is 11.1 Å². The van der Waals surface area contributed by atoms with Crippen LogP contribution in [-0.4, -0.2) is 32.6 Å². The zero-order chi connectivity index (χ0) is 13.8. The van der Waals surface area contributed by atoms with Crippen molar-refractivity contribution < 1.29 is 0 Å². The fourth-order valence-corrected chi connectivity index (χ4v) is 3.62. The van der Waals surface area contributed by atoms with Crippen LogP contribution >= 0.6 is 11.8 Å². The van der Waals surface area contributed by atoms with E-state index in [9.17, 15) is 9.59 Å². The lowest BCUT2D eigenvalue weighted by Crippen LogP contribution is -2.37. The lowest BCUT2D eigenvalue weighted by molar-refractivity contribution is 0.527. The number of H-pyrrole nitrogens is 1. The van der Waals surface area contributed by atoms with Crippen LogP contribution in [0, 0.1) is 0 Å². The van der Waals surface area contributed by atoms with Crippen molar-refractivity contribution in [1.82, 2.24) is 20.1 Å². The first-order valence-electron chi connectivity index (χ1n) is 6.69. The Morgan fingerprint density at radius 1 is 1.47 bits per heavy atom. The molecule has 1 heterocycles. The molecule has 0 spiro atoms. The molecule has 1 saturated carbocycles. The van der Waals surface area contributed by atoms with Crippen LogP contribution in [0.15, 0.2) is 14.7 Å². The van der Waals surface area contributed by atoms with Gasteiger partial charge in [0.1, 0.15) is 0 Å². The van der Waals surface area contributed by atoms with Gasteiger partial charge in [-0.1, -0.05) is 25.1 Å². The first-order valence-corrected chi connectivity index (χ1v) is 7.57. The predicted octanol–water partition coefficient (Wildman–Crippen LogP) is 0.481. The third-order valence-corrected chi connectivity index (χ3v) is 4.76. The minimum absolute atomic E-state index is 0.413. The molecule has 1 fully saturated rings. The second-order valence-corrected chi connectivity index (χ2v) is 6.05. The Hall–Kier alpha value is -1.08. The van der Waals surface area contributed by atoms with Crippen LogP contribution in [0.3, 0.4) is 0 Å². The van der Waals surface area contributed by atoms with Gasteiger partial charge in [-0.25, -0.2) is 0 Å². The van der Waals surface area contributed by atoms with Crippen LogP contribution in [-0.2, 0) is 7.05 Å². The molecule has 0 saturated heterocycles. The van der Waals surface area contributed by atoms with Gasteiger partial charge in [-0.15, -0.1) is 0 Å². The molecule has 1 aliphatic carbocycles. The van der Waals surface area contributed by atoms with Crippen molar-refractivity contribution in [3.63, 3.8) is 0 Å². The van der Waals surface area contributed by atoms with Crippen LogP contribution < -0.4 is 16.4 Å².